The monoisotopic (exact) mass is 512 g/mol. The highest BCUT2D eigenvalue weighted by molar-refractivity contribution is 5.80. The van der Waals surface area contributed by atoms with E-state index in [-0.39, 0.29) is 17.8 Å². The number of carbonyl (C=O) groups excluding carboxylic acids is 1. The number of carbonyl (C=O) groups is 1. The minimum atomic E-state index is -0.291. The molecule has 0 N–H and O–H groups in total. The van der Waals surface area contributed by atoms with Gasteiger partial charge in [-0.2, -0.15) is 5.26 Å². The first kappa shape index (κ1) is 25.9. The van der Waals surface area contributed by atoms with Gasteiger partial charge in [0.05, 0.1) is 24.3 Å². The van der Waals surface area contributed by atoms with Gasteiger partial charge in [-0.15, -0.1) is 0 Å². The first-order valence-electron chi connectivity index (χ1n) is 13.3. The zero-order valence-electron chi connectivity index (χ0n) is 22.2. The predicted molar refractivity (Wildman–Crippen MR) is 146 cm³/mol. The van der Waals surface area contributed by atoms with Crippen molar-refractivity contribution >= 4 is 11.7 Å². The fraction of sp³-hybridized carbons (Fsp3) is 0.387. The molecule has 1 aliphatic heterocycles. The third kappa shape index (κ3) is 5.01. The van der Waals surface area contributed by atoms with Crippen LogP contribution in [0.1, 0.15) is 48.9 Å². The molecule has 38 heavy (non-hydrogen) atoms. The third-order valence-corrected chi connectivity index (χ3v) is 7.64. The fourth-order valence-corrected chi connectivity index (χ4v) is 5.47. The van der Waals surface area contributed by atoms with Gasteiger partial charge < -0.3 is 14.5 Å². The van der Waals surface area contributed by atoms with E-state index in [9.17, 15) is 10.1 Å². The van der Waals surface area contributed by atoms with Crippen molar-refractivity contribution in [3.8, 4) is 28.3 Å². The molecule has 1 amide bonds. The lowest BCUT2D eigenvalue weighted by atomic mass is 9.92. The van der Waals surface area contributed by atoms with E-state index in [1.165, 1.54) is 0 Å². The van der Waals surface area contributed by atoms with Crippen molar-refractivity contribution in [2.75, 3.05) is 38.3 Å². The number of ether oxygens (including phenoxy) is 1. The number of piperazine rings is 1. The summed E-state index contributed by atoms with van der Waals surface area (Å²) in [6.45, 7) is 6.16. The Bertz CT molecular complexity index is 1380. The van der Waals surface area contributed by atoms with Crippen LogP contribution in [0.2, 0.25) is 0 Å². The number of aromatic nitrogens is 1. The number of anilines is 1. The molecule has 5 rings (SSSR count). The standard InChI is InChI=1S/C31H33FN4O2/c1-20-19-35(14-15-36(20)28(37)13-16-38-3)31-26(18-33)21(2)29(30(34-31)23-9-10-23)24-11-12-25(27(32)17-24)22-7-5-4-6-8-22/h4-8,11-12,17,20,23H,9-10,13-16,19H2,1-3H3/t20-/m1/s1. The van der Waals surface area contributed by atoms with Gasteiger partial charge in [-0.05, 0) is 49.4 Å². The maximum absolute atomic E-state index is 15.3. The van der Waals surface area contributed by atoms with Crippen molar-refractivity contribution in [2.45, 2.75) is 45.1 Å². The zero-order chi connectivity index (χ0) is 26.8. The van der Waals surface area contributed by atoms with E-state index in [4.69, 9.17) is 9.72 Å². The van der Waals surface area contributed by atoms with Crippen LogP contribution < -0.4 is 4.90 Å². The minimum Gasteiger partial charge on any atom is -0.384 e. The molecule has 2 fully saturated rings. The topological polar surface area (TPSA) is 69.5 Å². The largest absolute Gasteiger partial charge is 0.384 e. The van der Waals surface area contributed by atoms with Gasteiger partial charge in [0.25, 0.3) is 0 Å². The number of methoxy groups -OCH3 is 1. The molecule has 1 aromatic heterocycles. The minimum absolute atomic E-state index is 0.00886. The van der Waals surface area contributed by atoms with Gasteiger partial charge in [0.15, 0.2) is 0 Å². The highest BCUT2D eigenvalue weighted by atomic mass is 19.1. The summed E-state index contributed by atoms with van der Waals surface area (Å²) in [5, 5.41) is 10.2. The number of hydrogen-bond acceptors (Lipinski definition) is 5. The second-order valence-electron chi connectivity index (χ2n) is 10.3. The van der Waals surface area contributed by atoms with Gasteiger partial charge >= 0.3 is 0 Å². The maximum Gasteiger partial charge on any atom is 0.225 e. The van der Waals surface area contributed by atoms with Gasteiger partial charge in [0.2, 0.25) is 5.91 Å². The summed E-state index contributed by atoms with van der Waals surface area (Å²) in [5.41, 5.74) is 5.29. The molecule has 0 spiro atoms. The van der Waals surface area contributed by atoms with Gasteiger partial charge in [-0.3, -0.25) is 4.79 Å². The van der Waals surface area contributed by atoms with E-state index in [1.54, 1.807) is 13.2 Å². The summed E-state index contributed by atoms with van der Waals surface area (Å²) in [6.07, 6.45) is 2.43. The van der Waals surface area contributed by atoms with E-state index < -0.39 is 0 Å². The molecule has 0 bridgehead atoms. The van der Waals surface area contributed by atoms with Crippen molar-refractivity contribution < 1.29 is 13.9 Å². The van der Waals surface area contributed by atoms with Gasteiger partial charge in [-0.1, -0.05) is 42.5 Å². The molecule has 2 aliphatic rings. The number of hydrogen-bond donors (Lipinski definition) is 0. The molecule has 2 aromatic carbocycles. The van der Waals surface area contributed by atoms with Crippen LogP contribution in [0, 0.1) is 24.1 Å². The lowest BCUT2D eigenvalue weighted by Crippen LogP contribution is -2.54. The number of pyridine rings is 1. The molecular weight excluding hydrogens is 479 g/mol. The smallest absolute Gasteiger partial charge is 0.225 e. The highest BCUT2D eigenvalue weighted by Gasteiger charge is 2.34. The van der Waals surface area contributed by atoms with Crippen molar-refractivity contribution in [2.24, 2.45) is 0 Å². The molecule has 196 valence electrons. The lowest BCUT2D eigenvalue weighted by molar-refractivity contribution is -0.134. The maximum atomic E-state index is 15.3. The highest BCUT2D eigenvalue weighted by Crippen LogP contribution is 2.47. The molecule has 3 aromatic rings. The molecule has 0 unspecified atom stereocenters. The SMILES string of the molecule is COCCC(=O)N1CCN(c2nc(C3CC3)c(-c3ccc(-c4ccccc4)c(F)c3)c(C)c2C#N)C[C@H]1C. The van der Waals surface area contributed by atoms with E-state index >= 15 is 4.39 Å². The first-order chi connectivity index (χ1) is 18.4. The van der Waals surface area contributed by atoms with Crippen molar-refractivity contribution in [1.29, 1.82) is 5.26 Å². The van der Waals surface area contributed by atoms with Crippen LogP contribution in [-0.2, 0) is 9.53 Å². The average Bonchev–Trinajstić information content (AvgIpc) is 3.77. The summed E-state index contributed by atoms with van der Waals surface area (Å²) < 4.78 is 20.4. The Hall–Kier alpha value is -3.76. The summed E-state index contributed by atoms with van der Waals surface area (Å²) in [5.74, 6) is 0.772. The fourth-order valence-electron chi connectivity index (χ4n) is 5.47. The van der Waals surface area contributed by atoms with Crippen LogP contribution in [-0.4, -0.2) is 55.2 Å². The van der Waals surface area contributed by atoms with Crippen LogP contribution in [0.5, 0.6) is 0 Å². The summed E-state index contributed by atoms with van der Waals surface area (Å²) >= 11 is 0. The molecule has 1 saturated carbocycles. The Labute approximate surface area is 223 Å². The van der Waals surface area contributed by atoms with Gasteiger partial charge in [-0.25, -0.2) is 9.37 Å². The van der Waals surface area contributed by atoms with Gasteiger partial charge in [0, 0.05) is 49.8 Å². The van der Waals surface area contributed by atoms with Crippen molar-refractivity contribution in [3.05, 3.63) is 71.2 Å². The van der Waals surface area contributed by atoms with Gasteiger partial charge in [0.1, 0.15) is 17.7 Å². The molecule has 1 aliphatic carbocycles. The van der Waals surface area contributed by atoms with Crippen LogP contribution in [0.15, 0.2) is 48.5 Å². The average molecular weight is 513 g/mol. The van der Waals surface area contributed by atoms with Crippen LogP contribution in [0.4, 0.5) is 10.2 Å². The Morgan fingerprint density at radius 2 is 1.92 bits per heavy atom. The summed E-state index contributed by atoms with van der Waals surface area (Å²) in [7, 11) is 1.60. The molecular formula is C31H33FN4O2. The second kappa shape index (κ2) is 10.9. The number of amides is 1. The molecule has 1 saturated heterocycles. The van der Waals surface area contributed by atoms with E-state index in [0.29, 0.717) is 55.5 Å². The molecule has 6 nitrogen and oxygen atoms in total. The molecule has 1 atom stereocenters. The van der Waals surface area contributed by atoms with Crippen molar-refractivity contribution in [3.63, 3.8) is 0 Å². The molecule has 7 heteroatoms. The predicted octanol–water partition coefficient (Wildman–Crippen LogP) is 5.69. The van der Waals surface area contributed by atoms with Crippen molar-refractivity contribution in [1.82, 2.24) is 9.88 Å². The van der Waals surface area contributed by atoms with E-state index in [0.717, 1.165) is 40.8 Å². The molecule has 0 radical (unpaired) electrons. The first-order valence-corrected chi connectivity index (χ1v) is 13.3. The number of benzene rings is 2. The van der Waals surface area contributed by atoms with Crippen LogP contribution in [0.25, 0.3) is 22.3 Å². The number of nitrogens with zero attached hydrogens (tertiary/aromatic N) is 4. The van der Waals surface area contributed by atoms with E-state index in [2.05, 4.69) is 11.0 Å². The number of halogens is 1. The van der Waals surface area contributed by atoms with Crippen LogP contribution >= 0.6 is 0 Å². The Kier molecular flexibility index (Phi) is 7.44. The lowest BCUT2D eigenvalue weighted by Gasteiger charge is -2.41. The quantitative estimate of drug-likeness (QED) is 0.407. The number of rotatable bonds is 7. The Balaban J connectivity index is 1.50. The van der Waals surface area contributed by atoms with E-state index in [1.807, 2.05) is 61.2 Å². The normalized spacial score (nSPS) is 17.4. The summed E-state index contributed by atoms with van der Waals surface area (Å²) in [6, 6.07) is 17.2. The Morgan fingerprint density at radius 1 is 1.16 bits per heavy atom. The molecule has 2 heterocycles. The summed E-state index contributed by atoms with van der Waals surface area (Å²) in [4.78, 5) is 21.7. The second-order valence-corrected chi connectivity index (χ2v) is 10.3. The Morgan fingerprint density at radius 3 is 2.55 bits per heavy atom. The van der Waals surface area contributed by atoms with Crippen LogP contribution in [0.3, 0.4) is 0 Å². The third-order valence-electron chi connectivity index (χ3n) is 7.64. The number of nitriles is 1. The zero-order valence-corrected chi connectivity index (χ0v) is 22.2.